The maximum atomic E-state index is 6.09. The Labute approximate surface area is 108 Å². The lowest BCUT2D eigenvalue weighted by Gasteiger charge is -2.45. The molecule has 0 amide bonds. The Morgan fingerprint density at radius 1 is 1.39 bits per heavy atom. The first-order valence-electron chi connectivity index (χ1n) is 6.65. The molecule has 2 unspecified atom stereocenters. The van der Waals surface area contributed by atoms with Crippen LogP contribution in [0.1, 0.15) is 37.5 Å². The van der Waals surface area contributed by atoms with Crippen molar-refractivity contribution >= 4 is 0 Å². The maximum absolute atomic E-state index is 6.09. The van der Waals surface area contributed by atoms with Crippen LogP contribution < -0.4 is 10.1 Å². The molecule has 1 aromatic carbocycles. The smallest absolute Gasteiger partial charge is 0.119 e. The Bertz CT molecular complexity index is 456. The summed E-state index contributed by atoms with van der Waals surface area (Å²) in [6.45, 7) is 5.17. The average Bonchev–Trinajstić information content (AvgIpc) is 2.36. The van der Waals surface area contributed by atoms with Crippen LogP contribution in [-0.2, 0) is 11.2 Å². The second-order valence-electron chi connectivity index (χ2n) is 5.97. The van der Waals surface area contributed by atoms with E-state index in [9.17, 15) is 0 Å². The molecule has 0 saturated carbocycles. The fraction of sp³-hybridized carbons (Fsp3) is 0.600. The van der Waals surface area contributed by atoms with Gasteiger partial charge < -0.3 is 14.8 Å². The van der Waals surface area contributed by atoms with E-state index in [-0.39, 0.29) is 11.6 Å². The second-order valence-corrected chi connectivity index (χ2v) is 5.97. The standard InChI is InChI=1S/C15H21NO2/c1-15(2)9-18-14-12-6-5-11(17-3)8-10(12)4-7-13(14)16-15/h5-6,8,13-14,16H,4,7,9H2,1-3H3. The van der Waals surface area contributed by atoms with Gasteiger partial charge in [-0.05, 0) is 49.9 Å². The molecule has 1 heterocycles. The highest BCUT2D eigenvalue weighted by molar-refractivity contribution is 5.39. The molecular weight excluding hydrogens is 226 g/mol. The normalized spacial score (nSPS) is 29.3. The monoisotopic (exact) mass is 247 g/mol. The van der Waals surface area contributed by atoms with E-state index >= 15 is 0 Å². The zero-order valence-corrected chi connectivity index (χ0v) is 11.3. The predicted octanol–water partition coefficient (Wildman–Crippen LogP) is 2.45. The summed E-state index contributed by atoms with van der Waals surface area (Å²) in [5, 5.41) is 3.71. The fourth-order valence-electron chi connectivity index (χ4n) is 3.08. The van der Waals surface area contributed by atoms with E-state index in [1.165, 1.54) is 11.1 Å². The van der Waals surface area contributed by atoms with E-state index in [0.29, 0.717) is 6.04 Å². The van der Waals surface area contributed by atoms with Gasteiger partial charge >= 0.3 is 0 Å². The molecule has 0 spiro atoms. The molecule has 2 atom stereocenters. The number of aryl methyl sites for hydroxylation is 1. The summed E-state index contributed by atoms with van der Waals surface area (Å²) in [6.07, 6.45) is 2.43. The van der Waals surface area contributed by atoms with E-state index in [4.69, 9.17) is 9.47 Å². The molecule has 3 heteroatoms. The van der Waals surface area contributed by atoms with Gasteiger partial charge in [0.1, 0.15) is 5.75 Å². The maximum Gasteiger partial charge on any atom is 0.119 e. The molecule has 1 aliphatic carbocycles. The minimum absolute atomic E-state index is 0.0884. The third-order valence-electron chi connectivity index (χ3n) is 3.95. The first-order chi connectivity index (χ1) is 8.59. The molecule has 3 nitrogen and oxygen atoms in total. The molecule has 1 aliphatic heterocycles. The van der Waals surface area contributed by atoms with Gasteiger partial charge in [-0.25, -0.2) is 0 Å². The molecule has 0 radical (unpaired) electrons. The second kappa shape index (κ2) is 4.25. The Kier molecular flexibility index (Phi) is 2.83. The average molecular weight is 247 g/mol. The molecule has 0 bridgehead atoms. The summed E-state index contributed by atoms with van der Waals surface area (Å²) < 4.78 is 11.4. The highest BCUT2D eigenvalue weighted by Gasteiger charge is 2.38. The van der Waals surface area contributed by atoms with Gasteiger partial charge in [0.2, 0.25) is 0 Å². The SMILES string of the molecule is COc1ccc2c(c1)CCC1NC(C)(C)COC21. The third-order valence-corrected chi connectivity index (χ3v) is 3.95. The van der Waals surface area contributed by atoms with Gasteiger partial charge in [-0.15, -0.1) is 0 Å². The van der Waals surface area contributed by atoms with Gasteiger partial charge in [0, 0.05) is 11.6 Å². The highest BCUT2D eigenvalue weighted by atomic mass is 16.5. The number of methoxy groups -OCH3 is 1. The van der Waals surface area contributed by atoms with Crippen molar-refractivity contribution in [1.29, 1.82) is 0 Å². The van der Waals surface area contributed by atoms with Gasteiger partial charge in [0.25, 0.3) is 0 Å². The van der Waals surface area contributed by atoms with Crippen LogP contribution in [0, 0.1) is 0 Å². The lowest BCUT2D eigenvalue weighted by atomic mass is 9.83. The van der Waals surface area contributed by atoms with Crippen LogP contribution in [0.4, 0.5) is 0 Å². The summed E-state index contributed by atoms with van der Waals surface area (Å²) >= 11 is 0. The number of fused-ring (bicyclic) bond motifs is 3. The Morgan fingerprint density at radius 3 is 3.00 bits per heavy atom. The van der Waals surface area contributed by atoms with Gasteiger partial charge in [-0.2, -0.15) is 0 Å². The Balaban J connectivity index is 1.90. The van der Waals surface area contributed by atoms with Gasteiger partial charge in [0.05, 0.1) is 19.8 Å². The van der Waals surface area contributed by atoms with Crippen LogP contribution in [0.5, 0.6) is 5.75 Å². The van der Waals surface area contributed by atoms with Crippen LogP contribution in [0.3, 0.4) is 0 Å². The molecular formula is C15H21NO2. The number of ether oxygens (including phenoxy) is 2. The molecule has 1 fully saturated rings. The van der Waals surface area contributed by atoms with Gasteiger partial charge in [-0.3, -0.25) is 0 Å². The lowest BCUT2D eigenvalue weighted by molar-refractivity contribution is -0.0603. The van der Waals surface area contributed by atoms with Crippen molar-refractivity contribution in [3.8, 4) is 5.75 Å². The molecule has 1 saturated heterocycles. The summed E-state index contributed by atoms with van der Waals surface area (Å²) in [4.78, 5) is 0. The van der Waals surface area contributed by atoms with Crippen molar-refractivity contribution in [2.45, 2.75) is 44.4 Å². The van der Waals surface area contributed by atoms with Crippen molar-refractivity contribution < 1.29 is 9.47 Å². The summed E-state index contributed by atoms with van der Waals surface area (Å²) in [6, 6.07) is 6.78. The zero-order chi connectivity index (χ0) is 12.8. The largest absolute Gasteiger partial charge is 0.497 e. The number of benzene rings is 1. The topological polar surface area (TPSA) is 30.5 Å². The predicted molar refractivity (Wildman–Crippen MR) is 71.0 cm³/mol. The lowest BCUT2D eigenvalue weighted by Crippen LogP contribution is -2.57. The van der Waals surface area contributed by atoms with E-state index in [0.717, 1.165) is 25.2 Å². The molecule has 0 aromatic heterocycles. The summed E-state index contributed by atoms with van der Waals surface area (Å²) in [5.41, 5.74) is 2.79. The van der Waals surface area contributed by atoms with E-state index in [1.54, 1.807) is 7.11 Å². The molecule has 98 valence electrons. The molecule has 3 rings (SSSR count). The Hall–Kier alpha value is -1.06. The van der Waals surface area contributed by atoms with Crippen molar-refractivity contribution in [3.05, 3.63) is 29.3 Å². The van der Waals surface area contributed by atoms with Crippen molar-refractivity contribution in [1.82, 2.24) is 5.32 Å². The number of rotatable bonds is 1. The Morgan fingerprint density at radius 2 is 2.22 bits per heavy atom. The highest BCUT2D eigenvalue weighted by Crippen LogP contribution is 2.38. The number of hydrogen-bond acceptors (Lipinski definition) is 3. The van der Waals surface area contributed by atoms with Crippen molar-refractivity contribution in [3.63, 3.8) is 0 Å². The number of hydrogen-bond donors (Lipinski definition) is 1. The first kappa shape index (κ1) is 12.0. The van der Waals surface area contributed by atoms with Crippen molar-refractivity contribution in [2.24, 2.45) is 0 Å². The van der Waals surface area contributed by atoms with E-state index in [2.05, 4.69) is 31.3 Å². The number of morpholine rings is 1. The van der Waals surface area contributed by atoms with Crippen LogP contribution in [-0.4, -0.2) is 25.3 Å². The third kappa shape index (κ3) is 2.02. The minimum Gasteiger partial charge on any atom is -0.497 e. The first-order valence-corrected chi connectivity index (χ1v) is 6.65. The van der Waals surface area contributed by atoms with Crippen LogP contribution in [0.2, 0.25) is 0 Å². The zero-order valence-electron chi connectivity index (χ0n) is 11.3. The summed E-state index contributed by atoms with van der Waals surface area (Å²) in [5.74, 6) is 0.941. The quantitative estimate of drug-likeness (QED) is 0.827. The fourth-order valence-corrected chi connectivity index (χ4v) is 3.08. The van der Waals surface area contributed by atoms with Crippen LogP contribution in [0.15, 0.2) is 18.2 Å². The van der Waals surface area contributed by atoms with Gasteiger partial charge in [-0.1, -0.05) is 6.07 Å². The molecule has 2 aliphatic rings. The molecule has 1 aromatic rings. The van der Waals surface area contributed by atoms with Crippen molar-refractivity contribution in [2.75, 3.05) is 13.7 Å². The van der Waals surface area contributed by atoms with Gasteiger partial charge in [0.15, 0.2) is 0 Å². The van der Waals surface area contributed by atoms with Crippen LogP contribution >= 0.6 is 0 Å². The van der Waals surface area contributed by atoms with Crippen LogP contribution in [0.25, 0.3) is 0 Å². The van der Waals surface area contributed by atoms with E-state index < -0.39 is 0 Å². The minimum atomic E-state index is 0.0884. The molecule has 1 N–H and O–H groups in total. The molecule has 18 heavy (non-hydrogen) atoms. The summed E-state index contributed by atoms with van der Waals surface area (Å²) in [7, 11) is 1.72. The number of nitrogens with one attached hydrogen (secondary N) is 1. The van der Waals surface area contributed by atoms with E-state index in [1.807, 2.05) is 6.07 Å².